The Bertz CT molecular complexity index is 490. The highest BCUT2D eigenvalue weighted by Crippen LogP contribution is 2.18. The molecule has 0 amide bonds. The second kappa shape index (κ2) is 3.74. The van der Waals surface area contributed by atoms with Gasteiger partial charge in [-0.15, -0.1) is 0 Å². The Kier molecular flexibility index (Phi) is 2.43. The number of carbonyl (C=O) groups is 1. The summed E-state index contributed by atoms with van der Waals surface area (Å²) in [6.45, 7) is 0. The number of H-pyrrole nitrogens is 1. The first-order valence-corrected chi connectivity index (χ1v) is 4.72. The van der Waals surface area contributed by atoms with E-state index in [1.807, 2.05) is 30.5 Å². The number of hydrogen-bond acceptors (Lipinski definition) is 2. The molecule has 0 saturated heterocycles. The fourth-order valence-electron chi connectivity index (χ4n) is 1.62. The van der Waals surface area contributed by atoms with Gasteiger partial charge in [-0.05, 0) is 11.6 Å². The number of hydrogen-bond donors (Lipinski definition) is 3. The molecule has 0 bridgehead atoms. The average Bonchev–Trinajstić information content (AvgIpc) is 2.62. The Balaban J connectivity index is 2.32. The minimum Gasteiger partial charge on any atom is -0.480 e. The first kappa shape index (κ1) is 9.73. The number of benzene rings is 1. The quantitative estimate of drug-likeness (QED) is 0.702. The van der Waals surface area contributed by atoms with Crippen molar-refractivity contribution in [3.05, 3.63) is 36.0 Å². The molecule has 0 aliphatic rings. The maximum Gasteiger partial charge on any atom is 0.320 e. The first-order chi connectivity index (χ1) is 7.18. The van der Waals surface area contributed by atoms with Gasteiger partial charge in [-0.25, -0.2) is 0 Å². The molecule has 1 atom stereocenters. The van der Waals surface area contributed by atoms with Crippen LogP contribution in [0.5, 0.6) is 0 Å². The summed E-state index contributed by atoms with van der Waals surface area (Å²) in [6.07, 6.45) is 2.16. The number of aliphatic carboxylic acids is 1. The van der Waals surface area contributed by atoms with Gasteiger partial charge in [0.2, 0.25) is 0 Å². The first-order valence-electron chi connectivity index (χ1n) is 4.72. The molecule has 0 spiro atoms. The lowest BCUT2D eigenvalue weighted by Crippen LogP contribution is -2.32. The minimum absolute atomic E-state index is 0.347. The molecule has 0 saturated carbocycles. The van der Waals surface area contributed by atoms with E-state index in [0.29, 0.717) is 6.42 Å². The van der Waals surface area contributed by atoms with Crippen LogP contribution < -0.4 is 5.73 Å². The zero-order valence-electron chi connectivity index (χ0n) is 8.10. The molecular weight excluding hydrogens is 193 g/mol. The van der Waals surface area contributed by atoms with E-state index >= 15 is 0 Å². The molecule has 0 aliphatic carbocycles. The fraction of sp³-hybridized carbons (Fsp3) is 0.182. The van der Waals surface area contributed by atoms with Crippen LogP contribution in [0, 0.1) is 0 Å². The molecular formula is C11H12N2O2. The van der Waals surface area contributed by atoms with Gasteiger partial charge in [0.05, 0.1) is 0 Å². The molecule has 0 fully saturated rings. The normalized spacial score (nSPS) is 12.9. The Hall–Kier alpha value is -1.81. The summed E-state index contributed by atoms with van der Waals surface area (Å²) in [5.74, 6) is -0.972. The van der Waals surface area contributed by atoms with Gasteiger partial charge in [-0.3, -0.25) is 4.79 Å². The van der Waals surface area contributed by atoms with Crippen LogP contribution in [-0.4, -0.2) is 22.1 Å². The van der Waals surface area contributed by atoms with Gasteiger partial charge < -0.3 is 15.8 Å². The molecule has 4 nitrogen and oxygen atoms in total. The molecule has 0 unspecified atom stereocenters. The molecule has 1 heterocycles. The van der Waals surface area contributed by atoms with Crippen LogP contribution in [0.15, 0.2) is 30.5 Å². The molecule has 2 aromatic rings. The maximum absolute atomic E-state index is 10.6. The number of para-hydroxylation sites is 1. The van der Waals surface area contributed by atoms with E-state index in [2.05, 4.69) is 4.98 Å². The molecule has 0 radical (unpaired) electrons. The minimum atomic E-state index is -0.972. The zero-order valence-corrected chi connectivity index (χ0v) is 8.10. The van der Waals surface area contributed by atoms with E-state index in [1.54, 1.807) is 0 Å². The lowest BCUT2D eigenvalue weighted by Gasteiger charge is -2.04. The van der Waals surface area contributed by atoms with E-state index in [-0.39, 0.29) is 0 Å². The van der Waals surface area contributed by atoms with Crippen LogP contribution in [0.25, 0.3) is 10.9 Å². The zero-order chi connectivity index (χ0) is 10.8. The summed E-state index contributed by atoms with van der Waals surface area (Å²) in [5, 5.41) is 9.75. The lowest BCUT2D eigenvalue weighted by atomic mass is 10.1. The van der Waals surface area contributed by atoms with Crippen molar-refractivity contribution in [1.82, 2.24) is 4.98 Å². The second-order valence-electron chi connectivity index (χ2n) is 3.51. The van der Waals surface area contributed by atoms with Crippen LogP contribution in [-0.2, 0) is 11.2 Å². The van der Waals surface area contributed by atoms with Crippen molar-refractivity contribution in [2.75, 3.05) is 0 Å². The predicted molar refractivity (Wildman–Crippen MR) is 57.6 cm³/mol. The number of rotatable bonds is 3. The Labute approximate surface area is 86.7 Å². The summed E-state index contributed by atoms with van der Waals surface area (Å²) in [6, 6.07) is 6.91. The Morgan fingerprint density at radius 2 is 2.20 bits per heavy atom. The largest absolute Gasteiger partial charge is 0.480 e. The van der Waals surface area contributed by atoms with Gasteiger partial charge in [0.1, 0.15) is 6.04 Å². The van der Waals surface area contributed by atoms with E-state index in [0.717, 1.165) is 16.5 Å². The van der Waals surface area contributed by atoms with Gasteiger partial charge in [-0.2, -0.15) is 0 Å². The van der Waals surface area contributed by atoms with E-state index in [9.17, 15) is 4.79 Å². The summed E-state index contributed by atoms with van der Waals surface area (Å²) in [5.41, 5.74) is 7.43. The predicted octanol–water partition coefficient (Wildman–Crippen LogP) is 1.12. The molecule has 1 aromatic carbocycles. The maximum atomic E-state index is 10.6. The van der Waals surface area contributed by atoms with Gasteiger partial charge in [-0.1, -0.05) is 18.2 Å². The van der Waals surface area contributed by atoms with Gasteiger partial charge in [0, 0.05) is 23.5 Å². The SMILES string of the molecule is N[C@@H](Cc1c[15nH]c2ccccc12)C(=O)O. The van der Waals surface area contributed by atoms with E-state index in [4.69, 9.17) is 10.8 Å². The second-order valence-corrected chi connectivity index (χ2v) is 3.51. The summed E-state index contributed by atoms with van der Waals surface area (Å²) >= 11 is 0. The third-order valence-corrected chi connectivity index (χ3v) is 2.43. The Morgan fingerprint density at radius 3 is 2.93 bits per heavy atom. The van der Waals surface area contributed by atoms with E-state index < -0.39 is 12.0 Å². The average molecular weight is 205 g/mol. The number of nitrogens with one attached hydrogen (secondary N) is 1. The molecule has 4 N–H and O–H groups in total. The highest BCUT2D eigenvalue weighted by Gasteiger charge is 2.14. The number of fused-ring (bicyclic) bond motifs is 1. The van der Waals surface area contributed by atoms with Crippen LogP contribution in [0.2, 0.25) is 0 Å². The number of aromatic amines is 1. The highest BCUT2D eigenvalue weighted by atomic mass is 16.4. The smallest absolute Gasteiger partial charge is 0.320 e. The molecule has 78 valence electrons. The van der Waals surface area contributed by atoms with Crippen LogP contribution in [0.1, 0.15) is 5.56 Å². The number of aromatic nitrogens is 1. The van der Waals surface area contributed by atoms with Gasteiger partial charge >= 0.3 is 5.97 Å². The summed E-state index contributed by atoms with van der Waals surface area (Å²) in [7, 11) is 0. The highest BCUT2D eigenvalue weighted by molar-refractivity contribution is 5.84. The number of carboxylic acid groups (broad SMARTS) is 1. The van der Waals surface area contributed by atoms with Crippen LogP contribution in [0.4, 0.5) is 0 Å². The third-order valence-electron chi connectivity index (χ3n) is 2.43. The summed E-state index contributed by atoms with van der Waals surface area (Å²) in [4.78, 5) is 13.7. The number of carboxylic acids is 1. The van der Waals surface area contributed by atoms with Crippen molar-refractivity contribution in [3.63, 3.8) is 0 Å². The summed E-state index contributed by atoms with van der Waals surface area (Å²) < 4.78 is 0. The monoisotopic (exact) mass is 205 g/mol. The van der Waals surface area contributed by atoms with Crippen molar-refractivity contribution < 1.29 is 9.90 Å². The van der Waals surface area contributed by atoms with Crippen molar-refractivity contribution in [3.8, 4) is 0 Å². The molecule has 2 rings (SSSR count). The van der Waals surface area contributed by atoms with Crippen molar-refractivity contribution in [1.29, 1.82) is 0 Å². The van der Waals surface area contributed by atoms with Crippen molar-refractivity contribution >= 4 is 16.9 Å². The molecule has 1 aromatic heterocycles. The van der Waals surface area contributed by atoms with Gasteiger partial charge in [0.15, 0.2) is 0 Å². The van der Waals surface area contributed by atoms with Crippen molar-refractivity contribution in [2.24, 2.45) is 5.73 Å². The standard InChI is InChI=1S/C11H12N2O2/c12-9(11(14)15)5-7-6-13-10-4-2-1-3-8(7)10/h1-4,6,9,13H,5,12H2,(H,14,15)/t9-/m0/s1/i13+1. The Morgan fingerprint density at radius 1 is 1.47 bits per heavy atom. The molecule has 15 heavy (non-hydrogen) atoms. The number of nitrogens with two attached hydrogens (primary N) is 1. The topological polar surface area (TPSA) is 79.1 Å². The fourth-order valence-corrected chi connectivity index (χ4v) is 1.62. The lowest BCUT2D eigenvalue weighted by molar-refractivity contribution is -0.138. The molecule has 0 aliphatic heterocycles. The van der Waals surface area contributed by atoms with Crippen LogP contribution in [0.3, 0.4) is 0 Å². The van der Waals surface area contributed by atoms with Crippen molar-refractivity contribution in [2.45, 2.75) is 12.5 Å². The van der Waals surface area contributed by atoms with Crippen LogP contribution >= 0.6 is 0 Å². The van der Waals surface area contributed by atoms with Gasteiger partial charge in [0.25, 0.3) is 0 Å². The third kappa shape index (κ3) is 1.85. The van der Waals surface area contributed by atoms with E-state index in [1.165, 1.54) is 0 Å². The molecule has 4 heteroatoms.